The molecule has 0 aliphatic rings. The third-order valence-corrected chi connectivity index (χ3v) is 3.60. The Labute approximate surface area is 112 Å². The van der Waals surface area contributed by atoms with E-state index >= 15 is 0 Å². The standard InChI is InChI=1S/C16H28N2/c1-11-7-13(3)15(8-12(11)2)16(5,6)10-18-9-14(4)17/h7-8,14,18H,9-10,17H2,1-6H3. The number of hydrogen-bond acceptors (Lipinski definition) is 2. The fourth-order valence-corrected chi connectivity index (χ4v) is 2.40. The van der Waals surface area contributed by atoms with Crippen molar-refractivity contribution in [1.82, 2.24) is 5.32 Å². The quantitative estimate of drug-likeness (QED) is 0.841. The molecule has 2 heteroatoms. The minimum absolute atomic E-state index is 0.136. The van der Waals surface area contributed by atoms with Crippen LogP contribution in [0.2, 0.25) is 0 Å². The Morgan fingerprint density at radius 3 is 2.22 bits per heavy atom. The summed E-state index contributed by atoms with van der Waals surface area (Å²) in [6, 6.07) is 4.83. The average molecular weight is 248 g/mol. The number of aryl methyl sites for hydroxylation is 3. The summed E-state index contributed by atoms with van der Waals surface area (Å²) in [7, 11) is 0. The maximum atomic E-state index is 5.77. The highest BCUT2D eigenvalue weighted by Crippen LogP contribution is 2.28. The van der Waals surface area contributed by atoms with E-state index in [2.05, 4.69) is 52.1 Å². The number of benzene rings is 1. The Hall–Kier alpha value is -0.860. The van der Waals surface area contributed by atoms with Gasteiger partial charge in [0.2, 0.25) is 0 Å². The lowest BCUT2D eigenvalue weighted by atomic mass is 9.80. The SMILES string of the molecule is Cc1cc(C)c(C(C)(C)CNCC(C)N)cc1C. The van der Waals surface area contributed by atoms with Crippen molar-refractivity contribution in [2.45, 2.75) is 53.0 Å². The highest BCUT2D eigenvalue weighted by atomic mass is 14.9. The number of nitrogens with two attached hydrogens (primary N) is 1. The minimum atomic E-state index is 0.136. The summed E-state index contributed by atoms with van der Waals surface area (Å²) in [5.41, 5.74) is 11.5. The van der Waals surface area contributed by atoms with E-state index in [0.29, 0.717) is 0 Å². The first kappa shape index (κ1) is 15.2. The molecule has 0 fully saturated rings. The summed E-state index contributed by atoms with van der Waals surface area (Å²) in [5.74, 6) is 0. The number of nitrogens with one attached hydrogen (secondary N) is 1. The predicted molar refractivity (Wildman–Crippen MR) is 80.2 cm³/mol. The maximum absolute atomic E-state index is 5.77. The lowest BCUT2D eigenvalue weighted by Crippen LogP contribution is -2.39. The Morgan fingerprint density at radius 1 is 1.11 bits per heavy atom. The molecule has 0 saturated carbocycles. The molecule has 0 aliphatic carbocycles. The molecule has 2 nitrogen and oxygen atoms in total. The molecule has 102 valence electrons. The molecule has 1 unspecified atom stereocenters. The van der Waals surface area contributed by atoms with Gasteiger partial charge in [0.25, 0.3) is 0 Å². The van der Waals surface area contributed by atoms with Crippen molar-refractivity contribution in [2.75, 3.05) is 13.1 Å². The van der Waals surface area contributed by atoms with Crippen molar-refractivity contribution in [3.63, 3.8) is 0 Å². The summed E-state index contributed by atoms with van der Waals surface area (Å²) in [6.45, 7) is 15.0. The van der Waals surface area contributed by atoms with E-state index in [0.717, 1.165) is 13.1 Å². The van der Waals surface area contributed by atoms with Crippen LogP contribution in [0, 0.1) is 20.8 Å². The Balaban J connectivity index is 2.87. The third kappa shape index (κ3) is 3.82. The largest absolute Gasteiger partial charge is 0.327 e. The highest BCUT2D eigenvalue weighted by Gasteiger charge is 2.22. The second-order valence-corrected chi connectivity index (χ2v) is 6.24. The Kier molecular flexibility index (Phi) is 4.94. The van der Waals surface area contributed by atoms with Gasteiger partial charge in [0, 0.05) is 24.5 Å². The maximum Gasteiger partial charge on any atom is 0.0136 e. The third-order valence-electron chi connectivity index (χ3n) is 3.60. The molecular weight excluding hydrogens is 220 g/mol. The van der Waals surface area contributed by atoms with Crippen molar-refractivity contribution in [3.05, 3.63) is 34.4 Å². The molecule has 0 saturated heterocycles. The van der Waals surface area contributed by atoms with E-state index in [9.17, 15) is 0 Å². The van der Waals surface area contributed by atoms with Crippen LogP contribution >= 0.6 is 0 Å². The van der Waals surface area contributed by atoms with E-state index in [1.165, 1.54) is 22.3 Å². The second-order valence-electron chi connectivity index (χ2n) is 6.24. The van der Waals surface area contributed by atoms with Gasteiger partial charge in [-0.25, -0.2) is 0 Å². The lowest BCUT2D eigenvalue weighted by molar-refractivity contribution is 0.456. The molecule has 0 aromatic heterocycles. The zero-order valence-electron chi connectivity index (χ0n) is 12.7. The molecule has 0 radical (unpaired) electrons. The molecule has 0 amide bonds. The minimum Gasteiger partial charge on any atom is -0.327 e. The monoisotopic (exact) mass is 248 g/mol. The average Bonchev–Trinajstić information content (AvgIpc) is 2.22. The summed E-state index contributed by atoms with van der Waals surface area (Å²) >= 11 is 0. The van der Waals surface area contributed by atoms with Gasteiger partial charge in [-0.05, 0) is 49.9 Å². The van der Waals surface area contributed by atoms with E-state index in [4.69, 9.17) is 5.73 Å². The first-order valence-electron chi connectivity index (χ1n) is 6.78. The van der Waals surface area contributed by atoms with Crippen LogP contribution in [0.4, 0.5) is 0 Å². The highest BCUT2D eigenvalue weighted by molar-refractivity contribution is 5.40. The predicted octanol–water partition coefficient (Wildman–Crippen LogP) is 2.83. The van der Waals surface area contributed by atoms with E-state index in [1.54, 1.807) is 0 Å². The molecule has 3 N–H and O–H groups in total. The van der Waals surface area contributed by atoms with Gasteiger partial charge in [-0.1, -0.05) is 26.0 Å². The first-order chi connectivity index (χ1) is 8.24. The van der Waals surface area contributed by atoms with E-state index < -0.39 is 0 Å². The van der Waals surface area contributed by atoms with Crippen molar-refractivity contribution >= 4 is 0 Å². The van der Waals surface area contributed by atoms with Gasteiger partial charge < -0.3 is 11.1 Å². The van der Waals surface area contributed by atoms with Crippen LogP contribution in [0.3, 0.4) is 0 Å². The summed E-state index contributed by atoms with van der Waals surface area (Å²) < 4.78 is 0. The molecule has 1 aromatic carbocycles. The van der Waals surface area contributed by atoms with Gasteiger partial charge in [0.15, 0.2) is 0 Å². The van der Waals surface area contributed by atoms with Crippen molar-refractivity contribution in [2.24, 2.45) is 5.73 Å². The fraction of sp³-hybridized carbons (Fsp3) is 0.625. The Bertz CT molecular complexity index is 406. The topological polar surface area (TPSA) is 38.0 Å². The van der Waals surface area contributed by atoms with Gasteiger partial charge >= 0.3 is 0 Å². The zero-order chi connectivity index (χ0) is 13.9. The zero-order valence-corrected chi connectivity index (χ0v) is 12.7. The molecule has 0 spiro atoms. The van der Waals surface area contributed by atoms with Gasteiger partial charge in [-0.15, -0.1) is 0 Å². The molecule has 0 bridgehead atoms. The smallest absolute Gasteiger partial charge is 0.0136 e. The summed E-state index contributed by atoms with van der Waals surface area (Å²) in [6.07, 6.45) is 0. The summed E-state index contributed by atoms with van der Waals surface area (Å²) in [5, 5.41) is 3.46. The number of hydrogen-bond donors (Lipinski definition) is 2. The van der Waals surface area contributed by atoms with Crippen LogP contribution < -0.4 is 11.1 Å². The van der Waals surface area contributed by atoms with Gasteiger partial charge in [0.05, 0.1) is 0 Å². The first-order valence-corrected chi connectivity index (χ1v) is 6.78. The summed E-state index contributed by atoms with van der Waals surface area (Å²) in [4.78, 5) is 0. The molecule has 1 atom stereocenters. The van der Waals surface area contributed by atoms with Gasteiger partial charge in [-0.3, -0.25) is 0 Å². The van der Waals surface area contributed by atoms with Crippen LogP contribution in [-0.2, 0) is 5.41 Å². The molecule has 18 heavy (non-hydrogen) atoms. The Morgan fingerprint density at radius 2 is 1.67 bits per heavy atom. The van der Waals surface area contributed by atoms with E-state index in [1.807, 2.05) is 6.92 Å². The van der Waals surface area contributed by atoms with Crippen molar-refractivity contribution in [1.29, 1.82) is 0 Å². The van der Waals surface area contributed by atoms with Crippen molar-refractivity contribution < 1.29 is 0 Å². The molecule has 0 aliphatic heterocycles. The number of rotatable bonds is 5. The molecular formula is C16H28N2. The van der Waals surface area contributed by atoms with Crippen LogP contribution in [-0.4, -0.2) is 19.1 Å². The van der Waals surface area contributed by atoms with Crippen LogP contribution in [0.25, 0.3) is 0 Å². The molecule has 0 heterocycles. The van der Waals surface area contributed by atoms with Gasteiger partial charge in [0.1, 0.15) is 0 Å². The van der Waals surface area contributed by atoms with Crippen LogP contribution in [0.5, 0.6) is 0 Å². The normalized spacial score (nSPS) is 13.7. The lowest BCUT2D eigenvalue weighted by Gasteiger charge is -2.29. The van der Waals surface area contributed by atoms with Gasteiger partial charge in [-0.2, -0.15) is 0 Å². The van der Waals surface area contributed by atoms with Crippen LogP contribution in [0.1, 0.15) is 43.0 Å². The van der Waals surface area contributed by atoms with Crippen molar-refractivity contribution in [3.8, 4) is 0 Å². The van der Waals surface area contributed by atoms with E-state index in [-0.39, 0.29) is 11.5 Å². The second kappa shape index (κ2) is 5.85. The molecule has 1 aromatic rings. The van der Waals surface area contributed by atoms with Crippen LogP contribution in [0.15, 0.2) is 12.1 Å². The molecule has 1 rings (SSSR count). The fourth-order valence-electron chi connectivity index (χ4n) is 2.40.